The summed E-state index contributed by atoms with van der Waals surface area (Å²) < 4.78 is 0. The number of hydrogen-bond donors (Lipinski definition) is 3. The first kappa shape index (κ1) is 24.4. The van der Waals surface area contributed by atoms with Crippen molar-refractivity contribution in [3.63, 3.8) is 0 Å². The maximum atomic E-state index is 10.3. The number of halogens is 3. The lowest BCUT2D eigenvalue weighted by atomic mass is 10.1. The van der Waals surface area contributed by atoms with Crippen LogP contribution in [0.25, 0.3) is 0 Å². The summed E-state index contributed by atoms with van der Waals surface area (Å²) in [4.78, 5) is 9.00. The van der Waals surface area contributed by atoms with Crippen molar-refractivity contribution in [1.29, 1.82) is 0 Å². The van der Waals surface area contributed by atoms with E-state index in [2.05, 4.69) is 32.9 Å². The third-order valence-corrected chi connectivity index (χ3v) is 5.09. The zero-order valence-corrected chi connectivity index (χ0v) is 20.0. The second-order valence-electron chi connectivity index (χ2n) is 5.70. The number of hydrogen-bond acceptors (Lipinski definition) is 4. The highest BCUT2D eigenvalue weighted by Gasteiger charge is 2.10. The molecule has 1 aromatic heterocycles. The number of thiazole rings is 1. The van der Waals surface area contributed by atoms with Gasteiger partial charge in [0, 0.05) is 34.9 Å². The van der Waals surface area contributed by atoms with E-state index in [-0.39, 0.29) is 30.5 Å². The Bertz CT molecular complexity index is 722. The molecule has 0 saturated heterocycles. The van der Waals surface area contributed by atoms with Crippen molar-refractivity contribution in [3.8, 4) is 0 Å². The van der Waals surface area contributed by atoms with E-state index in [1.165, 1.54) is 0 Å². The van der Waals surface area contributed by atoms with Gasteiger partial charge in [0.2, 0.25) is 0 Å². The molecular weight excluding hydrogens is 518 g/mol. The second kappa shape index (κ2) is 12.8. The minimum Gasteiger partial charge on any atom is -0.386 e. The lowest BCUT2D eigenvalue weighted by Gasteiger charge is -2.13. The molecule has 3 N–H and O–H groups in total. The third kappa shape index (κ3) is 8.51. The van der Waals surface area contributed by atoms with Crippen LogP contribution in [0.1, 0.15) is 36.2 Å². The van der Waals surface area contributed by atoms with Crippen molar-refractivity contribution in [3.05, 3.63) is 49.9 Å². The summed E-state index contributed by atoms with van der Waals surface area (Å²) in [6.07, 6.45) is 1.02. The van der Waals surface area contributed by atoms with E-state index in [4.69, 9.17) is 23.2 Å². The minimum atomic E-state index is -0.771. The van der Waals surface area contributed by atoms with Gasteiger partial charge in [0.15, 0.2) is 5.96 Å². The van der Waals surface area contributed by atoms with Gasteiger partial charge < -0.3 is 15.7 Å². The molecule has 2 rings (SSSR count). The Hall–Kier alpha value is -0.610. The van der Waals surface area contributed by atoms with Crippen LogP contribution >= 0.6 is 58.5 Å². The SMILES string of the molecule is CCNC(=NCC(O)c1cc(Cl)cc(Cl)c1)NCCc1csc(CC)n1.I. The Morgan fingerprint density at radius 2 is 1.93 bits per heavy atom. The summed E-state index contributed by atoms with van der Waals surface area (Å²) in [5.74, 6) is 0.658. The van der Waals surface area contributed by atoms with E-state index in [1.54, 1.807) is 29.5 Å². The van der Waals surface area contributed by atoms with E-state index in [9.17, 15) is 5.11 Å². The molecular formula is C18H25Cl2IN4OS. The molecule has 1 heterocycles. The molecule has 0 spiro atoms. The van der Waals surface area contributed by atoms with E-state index >= 15 is 0 Å². The van der Waals surface area contributed by atoms with Crippen molar-refractivity contribution in [1.82, 2.24) is 15.6 Å². The molecule has 0 fully saturated rings. The zero-order valence-electron chi connectivity index (χ0n) is 15.3. The number of aryl methyl sites for hydroxylation is 1. The molecule has 1 unspecified atom stereocenters. The van der Waals surface area contributed by atoms with Gasteiger partial charge in [-0.15, -0.1) is 35.3 Å². The predicted octanol–water partition coefficient (Wildman–Crippen LogP) is 4.46. The molecule has 5 nitrogen and oxygen atoms in total. The number of aliphatic hydroxyl groups excluding tert-OH is 1. The summed E-state index contributed by atoms with van der Waals surface area (Å²) in [6.45, 7) is 5.77. The van der Waals surface area contributed by atoms with Crippen molar-refractivity contribution in [2.24, 2.45) is 4.99 Å². The number of benzene rings is 1. The van der Waals surface area contributed by atoms with Crippen LogP contribution in [-0.4, -0.2) is 35.7 Å². The molecule has 0 bridgehead atoms. The number of nitrogens with zero attached hydrogens (tertiary/aromatic N) is 2. The Labute approximate surface area is 191 Å². The first-order chi connectivity index (χ1) is 12.5. The molecule has 27 heavy (non-hydrogen) atoms. The highest BCUT2D eigenvalue weighted by Crippen LogP contribution is 2.23. The Balaban J connectivity index is 0.00000364. The molecule has 1 atom stereocenters. The van der Waals surface area contributed by atoms with Gasteiger partial charge >= 0.3 is 0 Å². The number of rotatable bonds is 8. The van der Waals surface area contributed by atoms with Crippen LogP contribution in [0.5, 0.6) is 0 Å². The predicted molar refractivity (Wildman–Crippen MR) is 126 cm³/mol. The van der Waals surface area contributed by atoms with Gasteiger partial charge in [0.05, 0.1) is 23.4 Å². The Morgan fingerprint density at radius 3 is 2.52 bits per heavy atom. The number of aliphatic hydroxyl groups is 1. The van der Waals surface area contributed by atoms with Crippen LogP contribution < -0.4 is 10.6 Å². The normalized spacial score (nSPS) is 12.4. The number of nitrogens with one attached hydrogen (secondary N) is 2. The quantitative estimate of drug-likeness (QED) is 0.262. The first-order valence-corrected chi connectivity index (χ1v) is 10.2. The third-order valence-electron chi connectivity index (χ3n) is 3.61. The minimum absolute atomic E-state index is 0. The number of aromatic nitrogens is 1. The van der Waals surface area contributed by atoms with E-state index in [0.29, 0.717) is 21.6 Å². The summed E-state index contributed by atoms with van der Waals surface area (Å²) in [7, 11) is 0. The molecule has 1 aromatic carbocycles. The van der Waals surface area contributed by atoms with Crippen molar-refractivity contribution in [2.45, 2.75) is 32.8 Å². The molecule has 0 aliphatic heterocycles. The van der Waals surface area contributed by atoms with Crippen LogP contribution in [-0.2, 0) is 12.8 Å². The highest BCUT2D eigenvalue weighted by atomic mass is 127. The molecule has 0 radical (unpaired) electrons. The lowest BCUT2D eigenvalue weighted by Crippen LogP contribution is -2.38. The van der Waals surface area contributed by atoms with Gasteiger partial charge in [0.25, 0.3) is 0 Å². The standard InChI is InChI=1S/C18H24Cl2N4OS.HI/c1-3-17-24-15(11-26-17)5-6-22-18(21-4-2)23-10-16(25)12-7-13(19)9-14(20)8-12;/h7-9,11,16,25H,3-6,10H2,1-2H3,(H2,21,22,23);1H. The molecule has 0 amide bonds. The van der Waals surface area contributed by atoms with Gasteiger partial charge in [-0.1, -0.05) is 30.1 Å². The monoisotopic (exact) mass is 542 g/mol. The fraction of sp³-hybridized carbons (Fsp3) is 0.444. The van der Waals surface area contributed by atoms with Crippen molar-refractivity contribution in [2.75, 3.05) is 19.6 Å². The summed E-state index contributed by atoms with van der Waals surface area (Å²) in [5, 5.41) is 21.0. The summed E-state index contributed by atoms with van der Waals surface area (Å²) in [6, 6.07) is 5.03. The summed E-state index contributed by atoms with van der Waals surface area (Å²) >= 11 is 13.7. The van der Waals surface area contributed by atoms with Gasteiger partial charge in [-0.05, 0) is 37.1 Å². The smallest absolute Gasteiger partial charge is 0.191 e. The number of guanidine groups is 1. The van der Waals surface area contributed by atoms with E-state index < -0.39 is 6.10 Å². The van der Waals surface area contributed by atoms with Gasteiger partial charge in [-0.2, -0.15) is 0 Å². The van der Waals surface area contributed by atoms with Crippen molar-refractivity contribution >= 4 is 64.5 Å². The van der Waals surface area contributed by atoms with Crippen LogP contribution in [0.2, 0.25) is 10.0 Å². The van der Waals surface area contributed by atoms with Gasteiger partial charge in [-0.25, -0.2) is 4.98 Å². The van der Waals surface area contributed by atoms with Crippen LogP contribution in [0.4, 0.5) is 0 Å². The maximum Gasteiger partial charge on any atom is 0.191 e. The Kier molecular flexibility index (Phi) is 11.6. The van der Waals surface area contributed by atoms with Crippen LogP contribution in [0, 0.1) is 0 Å². The van der Waals surface area contributed by atoms with E-state index in [0.717, 1.165) is 36.6 Å². The molecule has 9 heteroatoms. The lowest BCUT2D eigenvalue weighted by molar-refractivity contribution is 0.187. The number of aliphatic imine (C=N–C) groups is 1. The molecule has 2 aromatic rings. The first-order valence-electron chi connectivity index (χ1n) is 8.61. The van der Waals surface area contributed by atoms with Gasteiger partial charge in [-0.3, -0.25) is 4.99 Å². The Morgan fingerprint density at radius 1 is 1.22 bits per heavy atom. The maximum absolute atomic E-state index is 10.3. The fourth-order valence-electron chi connectivity index (χ4n) is 2.33. The molecule has 0 aliphatic rings. The van der Waals surface area contributed by atoms with Crippen LogP contribution in [0.15, 0.2) is 28.6 Å². The average Bonchev–Trinajstić information content (AvgIpc) is 3.06. The highest BCUT2D eigenvalue weighted by molar-refractivity contribution is 14.0. The zero-order chi connectivity index (χ0) is 18.9. The van der Waals surface area contributed by atoms with Crippen LogP contribution in [0.3, 0.4) is 0 Å². The molecule has 0 saturated carbocycles. The summed E-state index contributed by atoms with van der Waals surface area (Å²) in [5.41, 5.74) is 1.74. The largest absolute Gasteiger partial charge is 0.386 e. The van der Waals surface area contributed by atoms with Gasteiger partial charge in [0.1, 0.15) is 0 Å². The topological polar surface area (TPSA) is 69.5 Å². The molecule has 150 valence electrons. The molecule has 0 aliphatic carbocycles. The average molecular weight is 543 g/mol. The fourth-order valence-corrected chi connectivity index (χ4v) is 3.65. The van der Waals surface area contributed by atoms with E-state index in [1.807, 2.05) is 6.92 Å². The second-order valence-corrected chi connectivity index (χ2v) is 7.52. The van der Waals surface area contributed by atoms with Crippen molar-refractivity contribution < 1.29 is 5.11 Å².